The van der Waals surface area contributed by atoms with Crippen molar-refractivity contribution in [2.75, 3.05) is 13.7 Å². The monoisotopic (exact) mass is 356 g/mol. The molecule has 0 atom stereocenters. The molecule has 0 amide bonds. The van der Waals surface area contributed by atoms with E-state index in [-0.39, 0.29) is 11.1 Å². The number of aromatic nitrogens is 1. The number of hydrogen-bond acceptors (Lipinski definition) is 4. The summed E-state index contributed by atoms with van der Waals surface area (Å²) in [6, 6.07) is 11.5. The maximum absolute atomic E-state index is 10.5. The number of hydrogen-bond donors (Lipinski definition) is 4. The molecule has 1 aromatic heterocycles. The number of aromatic carboxylic acids is 2. The molecular weight excluding hydrogens is 336 g/mol. The Hall–Kier alpha value is -3.32. The summed E-state index contributed by atoms with van der Waals surface area (Å²) >= 11 is 0. The van der Waals surface area contributed by atoms with E-state index >= 15 is 0 Å². The Bertz CT molecular complexity index is 884. The Balaban J connectivity index is 0.000000190. The van der Waals surface area contributed by atoms with Crippen LogP contribution in [0.3, 0.4) is 0 Å². The zero-order valence-corrected chi connectivity index (χ0v) is 14.2. The molecule has 3 aromatic rings. The van der Waals surface area contributed by atoms with Crippen LogP contribution >= 0.6 is 0 Å². The number of carbonyl (C=O) groups is 2. The first-order valence-corrected chi connectivity index (χ1v) is 7.87. The first-order chi connectivity index (χ1) is 12.5. The van der Waals surface area contributed by atoms with Crippen molar-refractivity contribution in [3.8, 4) is 5.75 Å². The van der Waals surface area contributed by atoms with Gasteiger partial charge < -0.3 is 25.7 Å². The third-order valence-corrected chi connectivity index (χ3v) is 3.78. The lowest BCUT2D eigenvalue weighted by atomic mass is 10.1. The van der Waals surface area contributed by atoms with Gasteiger partial charge in [-0.05, 0) is 48.9 Å². The van der Waals surface area contributed by atoms with Crippen molar-refractivity contribution in [2.24, 2.45) is 5.73 Å². The SMILES string of the molecule is COc1ccc2[nH]cc(CCN)c2c1.O=C(O)c1ccccc1C(=O)O. The smallest absolute Gasteiger partial charge is 0.336 e. The number of methoxy groups -OCH3 is 1. The number of carboxylic acid groups (broad SMARTS) is 2. The number of fused-ring (bicyclic) bond motifs is 1. The van der Waals surface area contributed by atoms with Crippen molar-refractivity contribution in [1.29, 1.82) is 0 Å². The van der Waals surface area contributed by atoms with E-state index in [1.54, 1.807) is 7.11 Å². The summed E-state index contributed by atoms with van der Waals surface area (Å²) in [6.45, 7) is 0.671. The Labute approximate surface area is 150 Å². The summed E-state index contributed by atoms with van der Waals surface area (Å²) in [7, 11) is 1.68. The van der Waals surface area contributed by atoms with Crippen LogP contribution in [0.4, 0.5) is 0 Å². The van der Waals surface area contributed by atoms with Crippen LogP contribution in [0, 0.1) is 0 Å². The van der Waals surface area contributed by atoms with Gasteiger partial charge in [0.05, 0.1) is 18.2 Å². The number of ether oxygens (including phenoxy) is 1. The van der Waals surface area contributed by atoms with Gasteiger partial charge in [0.2, 0.25) is 0 Å². The molecule has 0 aliphatic rings. The molecule has 0 aliphatic carbocycles. The predicted octanol–water partition coefficient (Wildman–Crippen LogP) is 2.76. The maximum atomic E-state index is 10.5. The Morgan fingerprint density at radius 1 is 1.08 bits per heavy atom. The minimum absolute atomic E-state index is 0.190. The molecule has 0 aliphatic heterocycles. The number of H-pyrrole nitrogens is 1. The first kappa shape index (κ1) is 19.0. The fourth-order valence-electron chi connectivity index (χ4n) is 2.50. The van der Waals surface area contributed by atoms with Gasteiger partial charge in [0.1, 0.15) is 5.75 Å². The summed E-state index contributed by atoms with van der Waals surface area (Å²) in [5.41, 5.74) is 7.54. The average Bonchev–Trinajstić information content (AvgIpc) is 3.04. The summed E-state index contributed by atoms with van der Waals surface area (Å²) in [5, 5.41) is 18.3. The fourth-order valence-corrected chi connectivity index (χ4v) is 2.50. The van der Waals surface area contributed by atoms with Crippen LogP contribution in [0.25, 0.3) is 10.9 Å². The average molecular weight is 356 g/mol. The largest absolute Gasteiger partial charge is 0.497 e. The van der Waals surface area contributed by atoms with Gasteiger partial charge in [-0.25, -0.2) is 9.59 Å². The Kier molecular flexibility index (Phi) is 6.35. The predicted molar refractivity (Wildman–Crippen MR) is 98.0 cm³/mol. The van der Waals surface area contributed by atoms with Crippen LogP contribution in [-0.4, -0.2) is 40.8 Å². The summed E-state index contributed by atoms with van der Waals surface area (Å²) in [4.78, 5) is 24.1. The summed E-state index contributed by atoms with van der Waals surface area (Å²) in [5.74, 6) is -1.57. The number of nitrogens with two attached hydrogens (primary N) is 1. The third-order valence-electron chi connectivity index (χ3n) is 3.78. The quantitative estimate of drug-likeness (QED) is 0.557. The lowest BCUT2D eigenvalue weighted by Crippen LogP contribution is -2.06. The molecule has 0 bridgehead atoms. The first-order valence-electron chi connectivity index (χ1n) is 7.87. The molecule has 136 valence electrons. The molecule has 5 N–H and O–H groups in total. The van der Waals surface area contributed by atoms with Crippen molar-refractivity contribution < 1.29 is 24.5 Å². The van der Waals surface area contributed by atoms with Crippen LogP contribution in [0.5, 0.6) is 5.75 Å². The highest BCUT2D eigenvalue weighted by molar-refractivity contribution is 6.01. The topological polar surface area (TPSA) is 126 Å². The molecule has 1 heterocycles. The van der Waals surface area contributed by atoms with Gasteiger partial charge in [0.25, 0.3) is 0 Å². The summed E-state index contributed by atoms with van der Waals surface area (Å²) < 4.78 is 5.18. The molecule has 0 spiro atoms. The van der Waals surface area contributed by atoms with E-state index in [2.05, 4.69) is 4.98 Å². The van der Waals surface area contributed by atoms with E-state index in [9.17, 15) is 9.59 Å². The van der Waals surface area contributed by atoms with Crippen molar-refractivity contribution >= 4 is 22.8 Å². The van der Waals surface area contributed by atoms with Crippen molar-refractivity contribution in [3.05, 3.63) is 65.4 Å². The van der Waals surface area contributed by atoms with Crippen LogP contribution < -0.4 is 10.5 Å². The van der Waals surface area contributed by atoms with Gasteiger partial charge >= 0.3 is 11.9 Å². The van der Waals surface area contributed by atoms with Crippen LogP contribution in [-0.2, 0) is 6.42 Å². The van der Waals surface area contributed by atoms with E-state index in [0.29, 0.717) is 6.54 Å². The molecule has 0 fully saturated rings. The van der Waals surface area contributed by atoms with Crippen molar-refractivity contribution in [2.45, 2.75) is 6.42 Å². The van der Waals surface area contributed by atoms with Gasteiger partial charge in [-0.15, -0.1) is 0 Å². The number of benzene rings is 2. The lowest BCUT2D eigenvalue weighted by Gasteiger charge is -2.00. The van der Waals surface area contributed by atoms with Gasteiger partial charge in [-0.3, -0.25) is 0 Å². The molecule has 0 saturated heterocycles. The summed E-state index contributed by atoms with van der Waals surface area (Å²) in [6.07, 6.45) is 2.91. The van der Waals surface area contributed by atoms with Crippen molar-refractivity contribution in [1.82, 2.24) is 4.98 Å². The van der Waals surface area contributed by atoms with Gasteiger partial charge in [0, 0.05) is 17.1 Å². The molecule has 0 unspecified atom stereocenters. The normalized spacial score (nSPS) is 10.1. The minimum Gasteiger partial charge on any atom is -0.497 e. The highest BCUT2D eigenvalue weighted by Crippen LogP contribution is 2.23. The molecule has 0 saturated carbocycles. The highest BCUT2D eigenvalue weighted by atomic mass is 16.5. The van der Waals surface area contributed by atoms with Gasteiger partial charge in [-0.2, -0.15) is 0 Å². The molecule has 7 heteroatoms. The second-order valence-electron chi connectivity index (χ2n) is 5.42. The highest BCUT2D eigenvalue weighted by Gasteiger charge is 2.13. The van der Waals surface area contributed by atoms with E-state index in [1.807, 2.05) is 24.4 Å². The number of aromatic amines is 1. The zero-order chi connectivity index (χ0) is 19.1. The Morgan fingerprint density at radius 2 is 1.69 bits per heavy atom. The van der Waals surface area contributed by atoms with E-state index < -0.39 is 11.9 Å². The van der Waals surface area contributed by atoms with E-state index in [4.69, 9.17) is 20.7 Å². The van der Waals surface area contributed by atoms with Crippen LogP contribution in [0.2, 0.25) is 0 Å². The maximum Gasteiger partial charge on any atom is 0.336 e. The third kappa shape index (κ3) is 4.40. The van der Waals surface area contributed by atoms with Crippen LogP contribution in [0.1, 0.15) is 26.3 Å². The van der Waals surface area contributed by atoms with Gasteiger partial charge in [-0.1, -0.05) is 12.1 Å². The minimum atomic E-state index is -1.23. The second-order valence-corrected chi connectivity index (χ2v) is 5.42. The fraction of sp³-hybridized carbons (Fsp3) is 0.158. The molecule has 2 aromatic carbocycles. The Morgan fingerprint density at radius 3 is 2.19 bits per heavy atom. The van der Waals surface area contributed by atoms with Crippen LogP contribution in [0.15, 0.2) is 48.7 Å². The lowest BCUT2D eigenvalue weighted by molar-refractivity contribution is 0.0651. The van der Waals surface area contributed by atoms with Crippen molar-refractivity contribution in [3.63, 3.8) is 0 Å². The number of carboxylic acids is 2. The number of nitrogens with one attached hydrogen (secondary N) is 1. The molecular formula is C19H20N2O5. The standard InChI is InChI=1S/C11H14N2O.C8H6O4/c1-14-9-2-3-11-10(6-9)8(4-5-12)7-13-11;9-7(10)5-3-1-2-4-6(5)8(11)12/h2-3,6-7,13H,4-5,12H2,1H3;1-4H,(H,9,10)(H,11,12). The number of rotatable bonds is 5. The molecule has 3 rings (SSSR count). The van der Waals surface area contributed by atoms with E-state index in [0.717, 1.165) is 17.7 Å². The zero-order valence-electron chi connectivity index (χ0n) is 14.2. The molecule has 0 radical (unpaired) electrons. The van der Waals surface area contributed by atoms with E-state index in [1.165, 1.54) is 35.2 Å². The van der Waals surface area contributed by atoms with Gasteiger partial charge in [0.15, 0.2) is 0 Å². The molecule has 7 nitrogen and oxygen atoms in total. The molecule has 26 heavy (non-hydrogen) atoms. The second kappa shape index (κ2) is 8.68.